The van der Waals surface area contributed by atoms with E-state index in [2.05, 4.69) is 71.1 Å². The van der Waals surface area contributed by atoms with E-state index in [9.17, 15) is 0 Å². The van der Waals surface area contributed by atoms with Crippen molar-refractivity contribution < 1.29 is 4.74 Å². The number of rotatable bonds is 6. The van der Waals surface area contributed by atoms with Gasteiger partial charge in [-0.15, -0.1) is 0 Å². The van der Waals surface area contributed by atoms with E-state index < -0.39 is 0 Å². The largest absolute Gasteiger partial charge is 0.492 e. The van der Waals surface area contributed by atoms with Gasteiger partial charge in [0.05, 0.1) is 0 Å². The minimum atomic E-state index is 0.201. The number of nitrogens with one attached hydrogen (secondary N) is 1. The molecule has 114 valence electrons. The molecular formula is C18H31NO. The molecule has 1 aromatic rings. The third-order valence-corrected chi connectivity index (χ3v) is 3.32. The van der Waals surface area contributed by atoms with Gasteiger partial charge in [-0.2, -0.15) is 0 Å². The summed E-state index contributed by atoms with van der Waals surface area (Å²) in [5, 5.41) is 3.42. The topological polar surface area (TPSA) is 21.3 Å². The third-order valence-electron chi connectivity index (χ3n) is 3.32. The van der Waals surface area contributed by atoms with Crippen LogP contribution >= 0.6 is 0 Å². The van der Waals surface area contributed by atoms with E-state index in [1.807, 2.05) is 0 Å². The van der Waals surface area contributed by atoms with Crippen molar-refractivity contribution >= 4 is 0 Å². The molecule has 0 radical (unpaired) electrons. The molecule has 1 rings (SSSR count). The maximum Gasteiger partial charge on any atom is 0.119 e. The highest BCUT2D eigenvalue weighted by molar-refractivity contribution is 5.31. The summed E-state index contributed by atoms with van der Waals surface area (Å²) in [6.45, 7) is 16.1. The zero-order chi connectivity index (χ0) is 15.2. The fraction of sp³-hybridized carbons (Fsp3) is 0.667. The highest BCUT2D eigenvalue weighted by Gasteiger charge is 2.12. The predicted octanol–water partition coefficient (Wildman–Crippen LogP) is 4.39. The van der Waals surface area contributed by atoms with Crippen LogP contribution in [-0.2, 0) is 5.41 Å². The van der Waals surface area contributed by atoms with E-state index >= 15 is 0 Å². The number of hydrogen-bond donors (Lipinski definition) is 1. The van der Waals surface area contributed by atoms with Crippen LogP contribution in [0.1, 0.15) is 53.5 Å². The molecule has 2 nitrogen and oxygen atoms in total. The van der Waals surface area contributed by atoms with Crippen LogP contribution in [-0.4, -0.2) is 19.7 Å². The van der Waals surface area contributed by atoms with Crippen molar-refractivity contribution in [1.29, 1.82) is 0 Å². The minimum absolute atomic E-state index is 0.201. The second kappa shape index (κ2) is 7.12. The van der Waals surface area contributed by atoms with Gasteiger partial charge in [0.15, 0.2) is 0 Å². The Labute approximate surface area is 124 Å². The zero-order valence-electron chi connectivity index (χ0n) is 14.0. The van der Waals surface area contributed by atoms with Crippen LogP contribution in [0.4, 0.5) is 0 Å². The van der Waals surface area contributed by atoms with E-state index in [0.717, 1.165) is 25.4 Å². The maximum absolute atomic E-state index is 5.74. The first-order valence-electron chi connectivity index (χ1n) is 7.62. The molecule has 0 spiro atoms. The highest BCUT2D eigenvalue weighted by atomic mass is 16.5. The van der Waals surface area contributed by atoms with Crippen LogP contribution in [0.3, 0.4) is 0 Å². The summed E-state index contributed by atoms with van der Waals surface area (Å²) in [6, 6.07) is 8.44. The van der Waals surface area contributed by atoms with Crippen LogP contribution in [0, 0.1) is 5.41 Å². The Morgan fingerprint density at radius 3 is 2.00 bits per heavy atom. The van der Waals surface area contributed by atoms with E-state index in [0.29, 0.717) is 5.41 Å². The molecule has 0 aromatic heterocycles. The molecule has 0 atom stereocenters. The molecule has 0 amide bonds. The van der Waals surface area contributed by atoms with Gasteiger partial charge in [-0.1, -0.05) is 53.7 Å². The summed E-state index contributed by atoms with van der Waals surface area (Å²) in [7, 11) is 0. The van der Waals surface area contributed by atoms with Gasteiger partial charge in [0.25, 0.3) is 0 Å². The number of ether oxygens (including phenoxy) is 1. The van der Waals surface area contributed by atoms with Gasteiger partial charge in [0.2, 0.25) is 0 Å². The van der Waals surface area contributed by atoms with Gasteiger partial charge in [-0.3, -0.25) is 0 Å². The van der Waals surface area contributed by atoms with Crippen molar-refractivity contribution in [2.24, 2.45) is 5.41 Å². The fourth-order valence-electron chi connectivity index (χ4n) is 1.88. The lowest BCUT2D eigenvalue weighted by atomic mass is 9.87. The molecule has 0 bridgehead atoms. The Hall–Kier alpha value is -1.02. The third kappa shape index (κ3) is 6.95. The van der Waals surface area contributed by atoms with Crippen molar-refractivity contribution in [3.8, 4) is 5.75 Å². The van der Waals surface area contributed by atoms with Gasteiger partial charge in [0, 0.05) is 6.54 Å². The molecule has 0 aliphatic heterocycles. The highest BCUT2D eigenvalue weighted by Crippen LogP contribution is 2.24. The van der Waals surface area contributed by atoms with Gasteiger partial charge in [-0.25, -0.2) is 0 Å². The molecule has 1 N–H and O–H groups in total. The molecule has 0 aliphatic rings. The second-order valence-corrected chi connectivity index (χ2v) is 7.68. The minimum Gasteiger partial charge on any atom is -0.492 e. The average molecular weight is 277 g/mol. The van der Waals surface area contributed by atoms with E-state index in [1.165, 1.54) is 12.0 Å². The summed E-state index contributed by atoms with van der Waals surface area (Å²) in [5.74, 6) is 0.954. The lowest BCUT2D eigenvalue weighted by Crippen LogP contribution is -2.25. The average Bonchev–Trinajstić information content (AvgIpc) is 2.32. The Bertz CT molecular complexity index is 381. The lowest BCUT2D eigenvalue weighted by molar-refractivity contribution is 0.304. The monoisotopic (exact) mass is 277 g/mol. The molecule has 0 aliphatic carbocycles. The van der Waals surface area contributed by atoms with E-state index in [4.69, 9.17) is 4.74 Å². The van der Waals surface area contributed by atoms with Crippen LogP contribution in [0.25, 0.3) is 0 Å². The van der Waals surface area contributed by atoms with Gasteiger partial charge < -0.3 is 10.1 Å². The summed E-state index contributed by atoms with van der Waals surface area (Å²) < 4.78 is 5.74. The van der Waals surface area contributed by atoms with Crippen molar-refractivity contribution in [3.05, 3.63) is 29.8 Å². The number of benzene rings is 1. The Morgan fingerprint density at radius 2 is 1.50 bits per heavy atom. The van der Waals surface area contributed by atoms with Crippen molar-refractivity contribution in [3.63, 3.8) is 0 Å². The van der Waals surface area contributed by atoms with Crippen LogP contribution in [0.5, 0.6) is 5.75 Å². The first-order chi connectivity index (χ1) is 9.18. The molecule has 2 heteroatoms. The standard InChI is InChI=1S/C18H31NO/c1-17(2,3)11-12-19-13-14-20-16-9-7-15(8-10-16)18(4,5)6/h7-10,19H,11-14H2,1-6H3. The molecule has 20 heavy (non-hydrogen) atoms. The lowest BCUT2D eigenvalue weighted by Gasteiger charge is -2.19. The number of hydrogen-bond acceptors (Lipinski definition) is 2. The van der Waals surface area contributed by atoms with E-state index in [1.54, 1.807) is 0 Å². The quantitative estimate of drug-likeness (QED) is 0.779. The molecule has 1 aromatic carbocycles. The molecule has 0 unspecified atom stereocenters. The van der Waals surface area contributed by atoms with Crippen molar-refractivity contribution in [2.75, 3.05) is 19.7 Å². The second-order valence-electron chi connectivity index (χ2n) is 7.68. The van der Waals surface area contributed by atoms with Crippen molar-refractivity contribution in [1.82, 2.24) is 5.32 Å². The molecule has 0 heterocycles. The smallest absolute Gasteiger partial charge is 0.119 e. The summed E-state index contributed by atoms with van der Waals surface area (Å²) >= 11 is 0. The normalized spacial score (nSPS) is 12.5. The summed E-state index contributed by atoms with van der Waals surface area (Å²) in [6.07, 6.45) is 1.19. The fourth-order valence-corrected chi connectivity index (χ4v) is 1.88. The SMILES string of the molecule is CC(C)(C)CCNCCOc1ccc(C(C)(C)C)cc1. The molecular weight excluding hydrogens is 246 g/mol. The van der Waals surface area contributed by atoms with Crippen molar-refractivity contribution in [2.45, 2.75) is 53.4 Å². The summed E-state index contributed by atoms with van der Waals surface area (Å²) in [4.78, 5) is 0. The summed E-state index contributed by atoms with van der Waals surface area (Å²) in [5.41, 5.74) is 1.94. The first-order valence-corrected chi connectivity index (χ1v) is 7.62. The van der Waals surface area contributed by atoms with Crippen LogP contribution in [0.15, 0.2) is 24.3 Å². The molecule has 0 saturated heterocycles. The maximum atomic E-state index is 5.74. The molecule has 0 fully saturated rings. The first kappa shape index (κ1) is 17.0. The van der Waals surface area contributed by atoms with Gasteiger partial charge in [0.1, 0.15) is 12.4 Å². The predicted molar refractivity (Wildman–Crippen MR) is 87.6 cm³/mol. The Balaban J connectivity index is 2.23. The van der Waals surface area contributed by atoms with Crippen LogP contribution in [0.2, 0.25) is 0 Å². The van der Waals surface area contributed by atoms with Gasteiger partial charge >= 0.3 is 0 Å². The Morgan fingerprint density at radius 1 is 0.900 bits per heavy atom. The van der Waals surface area contributed by atoms with Crippen LogP contribution < -0.4 is 10.1 Å². The van der Waals surface area contributed by atoms with E-state index in [-0.39, 0.29) is 5.41 Å². The molecule has 0 saturated carbocycles. The van der Waals surface area contributed by atoms with Gasteiger partial charge in [-0.05, 0) is 41.5 Å². The Kier molecular flexibility index (Phi) is 6.07. The zero-order valence-corrected chi connectivity index (χ0v) is 14.0.